The Labute approximate surface area is 139 Å². The van der Waals surface area contributed by atoms with Gasteiger partial charge in [-0.05, 0) is 49.8 Å². The summed E-state index contributed by atoms with van der Waals surface area (Å²) in [5.74, 6) is 2.25. The first-order valence-corrected chi connectivity index (χ1v) is 8.75. The zero-order chi connectivity index (χ0) is 14.8. The van der Waals surface area contributed by atoms with Crippen LogP contribution in [0, 0.1) is 5.92 Å². The first-order chi connectivity index (χ1) is 10.2. The van der Waals surface area contributed by atoms with E-state index in [2.05, 4.69) is 15.9 Å². The van der Waals surface area contributed by atoms with Crippen LogP contribution in [0.5, 0.6) is 11.5 Å². The maximum Gasteiger partial charge on any atom is 0.162 e. The van der Waals surface area contributed by atoms with E-state index in [4.69, 9.17) is 25.8 Å². The molecule has 3 rings (SSSR count). The van der Waals surface area contributed by atoms with Crippen molar-refractivity contribution in [1.82, 2.24) is 0 Å². The third kappa shape index (κ3) is 3.49. The average molecular weight is 376 g/mol. The van der Waals surface area contributed by atoms with E-state index < -0.39 is 0 Å². The van der Waals surface area contributed by atoms with Gasteiger partial charge in [0.05, 0.1) is 11.5 Å². The molecule has 1 atom stereocenters. The predicted molar refractivity (Wildman–Crippen MR) is 86.5 cm³/mol. The minimum atomic E-state index is -0.0113. The highest BCUT2D eigenvalue weighted by Gasteiger charge is 2.32. The van der Waals surface area contributed by atoms with Crippen molar-refractivity contribution in [3.63, 3.8) is 0 Å². The lowest BCUT2D eigenvalue weighted by Crippen LogP contribution is -2.31. The van der Waals surface area contributed by atoms with Gasteiger partial charge >= 0.3 is 0 Å². The fourth-order valence-corrected chi connectivity index (χ4v) is 4.14. The molecule has 0 spiro atoms. The highest BCUT2D eigenvalue weighted by Crippen LogP contribution is 2.44. The first-order valence-electron chi connectivity index (χ1n) is 7.52. The number of rotatable bonds is 5. The van der Waals surface area contributed by atoms with Crippen molar-refractivity contribution < 1.29 is 14.2 Å². The Balaban J connectivity index is 1.63. The number of alkyl halides is 1. The molecule has 1 aromatic carbocycles. The minimum Gasteiger partial charge on any atom is -0.486 e. The summed E-state index contributed by atoms with van der Waals surface area (Å²) in [6.07, 6.45) is 3.66. The lowest BCUT2D eigenvalue weighted by atomic mass is 9.78. The van der Waals surface area contributed by atoms with Crippen molar-refractivity contribution in [2.45, 2.75) is 37.7 Å². The van der Waals surface area contributed by atoms with Crippen molar-refractivity contribution in [2.75, 3.05) is 19.8 Å². The molecule has 116 valence electrons. The topological polar surface area (TPSA) is 27.7 Å². The molecule has 5 heteroatoms. The third-order valence-electron chi connectivity index (χ3n) is 4.13. The summed E-state index contributed by atoms with van der Waals surface area (Å²) in [6, 6.07) is 3.97. The fourth-order valence-electron chi connectivity index (χ4n) is 2.98. The van der Waals surface area contributed by atoms with Gasteiger partial charge in [0.15, 0.2) is 11.5 Å². The standard InChI is InChI=1S/C16H20BrClO3/c1-2-19-11-5-10(6-11)7-14(18)12-8-15-16(9-13(12)17)21-4-3-20-15/h8-11,14H,2-7H2,1H3. The van der Waals surface area contributed by atoms with E-state index in [0.29, 0.717) is 25.2 Å². The van der Waals surface area contributed by atoms with Crippen LogP contribution in [-0.4, -0.2) is 25.9 Å². The van der Waals surface area contributed by atoms with Crippen molar-refractivity contribution in [3.8, 4) is 11.5 Å². The van der Waals surface area contributed by atoms with Crippen LogP contribution in [0.25, 0.3) is 0 Å². The summed E-state index contributed by atoms with van der Waals surface area (Å²) < 4.78 is 17.8. The van der Waals surface area contributed by atoms with E-state index in [1.165, 1.54) is 0 Å². The minimum absolute atomic E-state index is 0.0113. The molecule has 1 fully saturated rings. The Morgan fingerprint density at radius 3 is 2.62 bits per heavy atom. The van der Waals surface area contributed by atoms with E-state index in [9.17, 15) is 0 Å². The molecular formula is C16H20BrClO3. The number of halogens is 2. The van der Waals surface area contributed by atoms with Crippen LogP contribution < -0.4 is 9.47 Å². The lowest BCUT2D eigenvalue weighted by Gasteiger charge is -2.36. The van der Waals surface area contributed by atoms with Crippen LogP contribution in [0.4, 0.5) is 0 Å². The summed E-state index contributed by atoms with van der Waals surface area (Å²) in [4.78, 5) is 0. The van der Waals surface area contributed by atoms with Crippen LogP contribution >= 0.6 is 27.5 Å². The van der Waals surface area contributed by atoms with Gasteiger partial charge in [-0.25, -0.2) is 0 Å². The zero-order valence-electron chi connectivity index (χ0n) is 12.1. The van der Waals surface area contributed by atoms with Crippen LogP contribution in [0.15, 0.2) is 16.6 Å². The van der Waals surface area contributed by atoms with Crippen molar-refractivity contribution in [1.29, 1.82) is 0 Å². The molecular weight excluding hydrogens is 356 g/mol. The molecule has 0 radical (unpaired) electrons. The molecule has 0 aromatic heterocycles. The summed E-state index contributed by atoms with van der Waals surface area (Å²) in [5, 5.41) is -0.0113. The molecule has 1 unspecified atom stereocenters. The van der Waals surface area contributed by atoms with Gasteiger partial charge in [-0.15, -0.1) is 11.6 Å². The van der Waals surface area contributed by atoms with E-state index in [1.54, 1.807) is 0 Å². The van der Waals surface area contributed by atoms with E-state index in [-0.39, 0.29) is 5.38 Å². The maximum absolute atomic E-state index is 6.62. The van der Waals surface area contributed by atoms with Gasteiger partial charge in [-0.3, -0.25) is 0 Å². The molecule has 2 aliphatic rings. The van der Waals surface area contributed by atoms with Gasteiger partial charge in [0.1, 0.15) is 13.2 Å². The van der Waals surface area contributed by atoms with Gasteiger partial charge in [0.25, 0.3) is 0 Å². The molecule has 1 aliphatic carbocycles. The fraction of sp³-hybridized carbons (Fsp3) is 0.625. The van der Waals surface area contributed by atoms with Gasteiger partial charge < -0.3 is 14.2 Å². The molecule has 0 N–H and O–H groups in total. The number of benzene rings is 1. The van der Waals surface area contributed by atoms with Crippen molar-refractivity contribution in [2.24, 2.45) is 5.92 Å². The second-order valence-electron chi connectivity index (χ2n) is 5.64. The largest absolute Gasteiger partial charge is 0.486 e. The molecule has 0 bridgehead atoms. The Hall–Kier alpha value is -0.450. The van der Waals surface area contributed by atoms with E-state index >= 15 is 0 Å². The van der Waals surface area contributed by atoms with Gasteiger partial charge in [-0.1, -0.05) is 15.9 Å². The van der Waals surface area contributed by atoms with Gasteiger partial charge in [-0.2, -0.15) is 0 Å². The van der Waals surface area contributed by atoms with Crippen LogP contribution in [0.3, 0.4) is 0 Å². The van der Waals surface area contributed by atoms with Crippen LogP contribution in [0.1, 0.15) is 37.1 Å². The smallest absolute Gasteiger partial charge is 0.162 e. The molecule has 1 aliphatic heterocycles. The molecule has 21 heavy (non-hydrogen) atoms. The predicted octanol–water partition coefficient (Wildman–Crippen LogP) is 4.71. The number of fused-ring (bicyclic) bond motifs is 1. The van der Waals surface area contributed by atoms with Crippen molar-refractivity contribution >= 4 is 27.5 Å². The average Bonchev–Trinajstić information content (AvgIpc) is 2.44. The molecule has 0 saturated heterocycles. The second kappa shape index (κ2) is 6.76. The summed E-state index contributed by atoms with van der Waals surface area (Å²) in [5.41, 5.74) is 1.08. The first kappa shape index (κ1) is 15.4. The molecule has 1 aromatic rings. The molecule has 3 nitrogen and oxygen atoms in total. The van der Waals surface area contributed by atoms with Crippen LogP contribution in [0.2, 0.25) is 0 Å². The third-order valence-corrected chi connectivity index (χ3v) is 5.23. The monoisotopic (exact) mass is 374 g/mol. The van der Waals surface area contributed by atoms with E-state index in [0.717, 1.165) is 47.4 Å². The Morgan fingerprint density at radius 2 is 1.95 bits per heavy atom. The van der Waals surface area contributed by atoms with Gasteiger partial charge in [0.2, 0.25) is 0 Å². The zero-order valence-corrected chi connectivity index (χ0v) is 14.5. The number of ether oxygens (including phenoxy) is 3. The second-order valence-corrected chi connectivity index (χ2v) is 7.02. The van der Waals surface area contributed by atoms with Gasteiger partial charge in [0, 0.05) is 11.1 Å². The SMILES string of the molecule is CCOC1CC(CC(Cl)c2cc3c(cc2Br)OCCO3)C1. The Kier molecular flexibility index (Phi) is 4.97. The van der Waals surface area contributed by atoms with E-state index in [1.807, 2.05) is 19.1 Å². The quantitative estimate of drug-likeness (QED) is 0.698. The molecule has 1 heterocycles. The normalized spacial score (nSPS) is 25.3. The summed E-state index contributed by atoms with van der Waals surface area (Å²) in [7, 11) is 0. The number of hydrogen-bond donors (Lipinski definition) is 0. The lowest BCUT2D eigenvalue weighted by molar-refractivity contribution is -0.0267. The Bertz CT molecular complexity index is 503. The van der Waals surface area contributed by atoms with Crippen molar-refractivity contribution in [3.05, 3.63) is 22.2 Å². The Morgan fingerprint density at radius 1 is 1.29 bits per heavy atom. The van der Waals surface area contributed by atoms with Crippen LogP contribution in [-0.2, 0) is 4.74 Å². The highest BCUT2D eigenvalue weighted by molar-refractivity contribution is 9.10. The number of hydrogen-bond acceptors (Lipinski definition) is 3. The summed E-state index contributed by atoms with van der Waals surface area (Å²) >= 11 is 10.2. The molecule has 0 amide bonds. The summed E-state index contributed by atoms with van der Waals surface area (Å²) in [6.45, 7) is 4.04. The highest BCUT2D eigenvalue weighted by atomic mass is 79.9. The molecule has 1 saturated carbocycles. The maximum atomic E-state index is 6.62.